The molecule has 1 saturated carbocycles. The van der Waals surface area contributed by atoms with Crippen molar-refractivity contribution in [1.82, 2.24) is 0 Å². The lowest BCUT2D eigenvalue weighted by Gasteiger charge is -2.38. The molecule has 0 aromatic carbocycles. The predicted octanol–water partition coefficient (Wildman–Crippen LogP) is 1.16. The Kier molecular flexibility index (Phi) is 2.47. The van der Waals surface area contributed by atoms with Crippen molar-refractivity contribution in [1.29, 1.82) is 0 Å². The number of fused-ring (bicyclic) bond motifs is 4. The van der Waals surface area contributed by atoms with Gasteiger partial charge in [0.2, 0.25) is 0 Å². The van der Waals surface area contributed by atoms with E-state index < -0.39 is 35.0 Å². The zero-order valence-electron chi connectivity index (χ0n) is 13.1. The van der Waals surface area contributed by atoms with Crippen LogP contribution in [0.15, 0.2) is 0 Å². The zero-order valence-corrected chi connectivity index (χ0v) is 13.1. The summed E-state index contributed by atoms with van der Waals surface area (Å²) in [5.74, 6) is -1.55. The van der Waals surface area contributed by atoms with Crippen molar-refractivity contribution in [3.8, 4) is 0 Å². The van der Waals surface area contributed by atoms with E-state index in [9.17, 15) is 4.79 Å². The third-order valence-electron chi connectivity index (χ3n) is 5.00. The minimum atomic E-state index is -0.806. The summed E-state index contributed by atoms with van der Waals surface area (Å²) in [5, 5.41) is 0. The molecule has 118 valence electrons. The average Bonchev–Trinajstić information content (AvgIpc) is 2.95. The molecule has 0 aromatic rings. The molecule has 0 bridgehead atoms. The van der Waals surface area contributed by atoms with E-state index in [0.717, 1.165) is 0 Å². The maximum Gasteiger partial charge on any atom is 0.198 e. The number of hydrogen-bond acceptors (Lipinski definition) is 6. The van der Waals surface area contributed by atoms with Crippen LogP contribution >= 0.6 is 0 Å². The summed E-state index contributed by atoms with van der Waals surface area (Å²) >= 11 is 0. The Morgan fingerprint density at radius 1 is 1.10 bits per heavy atom. The highest BCUT2D eigenvalue weighted by molar-refractivity contribution is 5.97. The van der Waals surface area contributed by atoms with E-state index >= 15 is 0 Å². The first-order valence-electron chi connectivity index (χ1n) is 7.58. The molecule has 1 spiro atoms. The SMILES string of the molecule is CC[C@@]12O[C@@H]1[C@@]1(COC(C)(C)O1)[C@H]1OC(C)(C)O[C@H]1C2=O. The summed E-state index contributed by atoms with van der Waals surface area (Å²) < 4.78 is 29.7. The maximum absolute atomic E-state index is 12.8. The number of hydrogen-bond donors (Lipinski definition) is 0. The monoisotopic (exact) mass is 298 g/mol. The van der Waals surface area contributed by atoms with Gasteiger partial charge in [0.25, 0.3) is 0 Å². The summed E-state index contributed by atoms with van der Waals surface area (Å²) in [6.45, 7) is 9.67. The summed E-state index contributed by atoms with van der Waals surface area (Å²) in [6, 6.07) is 0. The van der Waals surface area contributed by atoms with Crippen LogP contribution < -0.4 is 0 Å². The van der Waals surface area contributed by atoms with Crippen molar-refractivity contribution in [3.63, 3.8) is 0 Å². The maximum atomic E-state index is 12.8. The Hall–Kier alpha value is -0.530. The summed E-state index contributed by atoms with van der Waals surface area (Å²) in [7, 11) is 0. The summed E-state index contributed by atoms with van der Waals surface area (Å²) in [6.07, 6.45) is -0.858. The van der Waals surface area contributed by atoms with Gasteiger partial charge in [0.05, 0.1) is 6.61 Å². The fourth-order valence-corrected chi connectivity index (χ4v) is 4.07. The molecule has 3 aliphatic heterocycles. The van der Waals surface area contributed by atoms with E-state index in [4.69, 9.17) is 23.7 Å². The minimum absolute atomic E-state index is 0.0236. The lowest BCUT2D eigenvalue weighted by atomic mass is 9.73. The first-order chi connectivity index (χ1) is 9.66. The Bertz CT molecular complexity index is 514. The molecule has 3 saturated heterocycles. The normalized spacial score (nSPS) is 52.8. The molecule has 4 fully saturated rings. The van der Waals surface area contributed by atoms with Gasteiger partial charge in [0.1, 0.15) is 12.2 Å². The lowest BCUT2D eigenvalue weighted by molar-refractivity contribution is -0.211. The van der Waals surface area contributed by atoms with E-state index in [1.54, 1.807) is 0 Å². The predicted molar refractivity (Wildman–Crippen MR) is 70.6 cm³/mol. The van der Waals surface area contributed by atoms with Crippen LogP contribution in [0.5, 0.6) is 0 Å². The number of ketones is 1. The number of carbonyl (C=O) groups is 1. The first kappa shape index (κ1) is 14.1. The van der Waals surface area contributed by atoms with Crippen LogP contribution in [0.25, 0.3) is 0 Å². The van der Waals surface area contributed by atoms with Crippen LogP contribution in [-0.4, -0.2) is 53.5 Å². The fourth-order valence-electron chi connectivity index (χ4n) is 4.07. The van der Waals surface area contributed by atoms with Crippen molar-refractivity contribution in [2.45, 2.75) is 82.1 Å². The van der Waals surface area contributed by atoms with Crippen LogP contribution in [0.4, 0.5) is 0 Å². The minimum Gasteiger partial charge on any atom is -0.354 e. The Morgan fingerprint density at radius 2 is 1.81 bits per heavy atom. The Balaban J connectivity index is 1.78. The number of carbonyl (C=O) groups excluding carboxylic acids is 1. The van der Waals surface area contributed by atoms with Crippen LogP contribution in [0.1, 0.15) is 41.0 Å². The highest BCUT2D eigenvalue weighted by Gasteiger charge is 2.82. The van der Waals surface area contributed by atoms with Crippen molar-refractivity contribution in [2.24, 2.45) is 0 Å². The van der Waals surface area contributed by atoms with Gasteiger partial charge in [-0.05, 0) is 34.1 Å². The van der Waals surface area contributed by atoms with Crippen molar-refractivity contribution in [3.05, 3.63) is 0 Å². The van der Waals surface area contributed by atoms with Crippen LogP contribution in [0.2, 0.25) is 0 Å². The van der Waals surface area contributed by atoms with Crippen LogP contribution in [-0.2, 0) is 28.5 Å². The molecule has 4 rings (SSSR count). The molecular weight excluding hydrogens is 276 g/mol. The molecule has 0 aromatic heterocycles. The average molecular weight is 298 g/mol. The molecule has 0 N–H and O–H groups in total. The van der Waals surface area contributed by atoms with E-state index in [2.05, 4.69) is 0 Å². The van der Waals surface area contributed by atoms with Gasteiger partial charge in [0, 0.05) is 0 Å². The number of epoxide rings is 1. The van der Waals surface area contributed by atoms with Gasteiger partial charge >= 0.3 is 0 Å². The van der Waals surface area contributed by atoms with Crippen molar-refractivity contribution in [2.75, 3.05) is 6.61 Å². The Labute approximate surface area is 124 Å². The zero-order chi connectivity index (χ0) is 15.3. The molecule has 3 heterocycles. The number of Topliss-reactive ketones (excluding diaryl/α,β-unsaturated/α-hetero) is 1. The van der Waals surface area contributed by atoms with Gasteiger partial charge in [-0.3, -0.25) is 4.79 Å². The van der Waals surface area contributed by atoms with E-state index in [1.165, 1.54) is 0 Å². The fraction of sp³-hybridized carbons (Fsp3) is 0.933. The quantitative estimate of drug-likeness (QED) is 0.677. The standard InChI is InChI=1S/C15H22O6/c1-6-14-9(16)8-10(19-13(4,5)18-8)15(11(14)20-14)7-17-12(2,3)21-15/h8,10-11H,6-7H2,1-5H3/t8-,10-,11-,14-,15+/m0/s1. The molecule has 5 atom stereocenters. The molecule has 4 aliphatic rings. The molecule has 0 amide bonds. The van der Waals surface area contributed by atoms with Gasteiger partial charge in [-0.2, -0.15) is 0 Å². The molecule has 1 aliphatic carbocycles. The highest BCUT2D eigenvalue weighted by Crippen LogP contribution is 2.60. The second-order valence-electron chi connectivity index (χ2n) is 7.33. The van der Waals surface area contributed by atoms with E-state index in [0.29, 0.717) is 13.0 Å². The molecule has 6 heteroatoms. The van der Waals surface area contributed by atoms with Crippen LogP contribution in [0, 0.1) is 0 Å². The first-order valence-corrected chi connectivity index (χ1v) is 7.58. The van der Waals surface area contributed by atoms with Crippen molar-refractivity contribution < 1.29 is 28.5 Å². The van der Waals surface area contributed by atoms with Gasteiger partial charge in [-0.15, -0.1) is 0 Å². The van der Waals surface area contributed by atoms with E-state index in [1.807, 2.05) is 34.6 Å². The highest BCUT2D eigenvalue weighted by atomic mass is 16.8. The second-order valence-corrected chi connectivity index (χ2v) is 7.33. The van der Waals surface area contributed by atoms with Gasteiger partial charge in [-0.25, -0.2) is 0 Å². The molecule has 0 radical (unpaired) electrons. The topological polar surface area (TPSA) is 66.5 Å². The van der Waals surface area contributed by atoms with Gasteiger partial charge < -0.3 is 23.7 Å². The number of ether oxygens (including phenoxy) is 5. The van der Waals surface area contributed by atoms with Crippen molar-refractivity contribution >= 4 is 5.78 Å². The molecule has 6 nitrogen and oxygen atoms in total. The summed E-state index contributed by atoms with van der Waals surface area (Å²) in [4.78, 5) is 12.8. The number of rotatable bonds is 1. The van der Waals surface area contributed by atoms with Gasteiger partial charge in [-0.1, -0.05) is 6.92 Å². The lowest BCUT2D eigenvalue weighted by Crippen LogP contribution is -2.64. The molecule has 0 unspecified atom stereocenters. The largest absolute Gasteiger partial charge is 0.354 e. The third kappa shape index (κ3) is 1.63. The van der Waals surface area contributed by atoms with Gasteiger partial charge in [0.15, 0.2) is 34.7 Å². The Morgan fingerprint density at radius 3 is 2.38 bits per heavy atom. The van der Waals surface area contributed by atoms with E-state index in [-0.39, 0.29) is 11.9 Å². The third-order valence-corrected chi connectivity index (χ3v) is 5.00. The summed E-state index contributed by atoms with van der Waals surface area (Å²) in [5.41, 5.74) is -1.57. The molecule has 21 heavy (non-hydrogen) atoms. The molecular formula is C15H22O6. The second kappa shape index (κ2) is 3.68. The smallest absolute Gasteiger partial charge is 0.198 e. The van der Waals surface area contributed by atoms with Crippen LogP contribution in [0.3, 0.4) is 0 Å².